The van der Waals surface area contributed by atoms with Crippen LogP contribution in [0.15, 0.2) is 47.4 Å². The second kappa shape index (κ2) is 11.2. The zero-order valence-electron chi connectivity index (χ0n) is 18.7. The van der Waals surface area contributed by atoms with Crippen molar-refractivity contribution in [3.63, 3.8) is 0 Å². The summed E-state index contributed by atoms with van der Waals surface area (Å²) in [4.78, 5) is 12.4. The van der Waals surface area contributed by atoms with Gasteiger partial charge in [0, 0.05) is 11.7 Å². The summed E-state index contributed by atoms with van der Waals surface area (Å²) in [7, 11) is -3.76. The Morgan fingerprint density at radius 1 is 1.00 bits per heavy atom. The summed E-state index contributed by atoms with van der Waals surface area (Å²) in [6, 6.07) is 11.5. The molecule has 0 spiro atoms. The molecule has 0 atom stereocenters. The van der Waals surface area contributed by atoms with E-state index in [-0.39, 0.29) is 23.5 Å². The van der Waals surface area contributed by atoms with Crippen molar-refractivity contribution in [3.8, 4) is 11.5 Å². The number of benzene rings is 2. The van der Waals surface area contributed by atoms with Crippen LogP contribution in [-0.4, -0.2) is 33.6 Å². The van der Waals surface area contributed by atoms with Gasteiger partial charge in [-0.3, -0.25) is 9.52 Å². The van der Waals surface area contributed by atoms with Crippen LogP contribution in [0.25, 0.3) is 0 Å². The molecule has 3 rings (SSSR count). The van der Waals surface area contributed by atoms with E-state index < -0.39 is 10.0 Å². The van der Waals surface area contributed by atoms with E-state index in [0.29, 0.717) is 29.4 Å². The Balaban J connectivity index is 1.57. The topological polar surface area (TPSA) is 93.7 Å². The molecule has 8 heteroatoms. The molecule has 0 bridgehead atoms. The highest BCUT2D eigenvalue weighted by molar-refractivity contribution is 7.92. The Morgan fingerprint density at radius 3 is 2.31 bits per heavy atom. The molecular weight excluding hydrogens is 428 g/mol. The zero-order valence-corrected chi connectivity index (χ0v) is 19.5. The van der Waals surface area contributed by atoms with Gasteiger partial charge in [0.25, 0.3) is 15.9 Å². The van der Waals surface area contributed by atoms with Crippen LogP contribution in [0.4, 0.5) is 5.69 Å². The van der Waals surface area contributed by atoms with Gasteiger partial charge in [-0.15, -0.1) is 0 Å². The maximum Gasteiger partial charge on any atom is 0.261 e. The summed E-state index contributed by atoms with van der Waals surface area (Å²) in [5.41, 5.74) is 1.09. The molecule has 0 aromatic heterocycles. The Labute approximate surface area is 190 Å². The average molecular weight is 461 g/mol. The van der Waals surface area contributed by atoms with E-state index in [4.69, 9.17) is 9.47 Å². The van der Waals surface area contributed by atoms with Crippen LogP contribution in [-0.2, 0) is 14.8 Å². The number of anilines is 1. The molecule has 32 heavy (non-hydrogen) atoms. The van der Waals surface area contributed by atoms with Crippen molar-refractivity contribution in [3.05, 3.63) is 48.0 Å². The molecule has 1 amide bonds. The van der Waals surface area contributed by atoms with Crippen LogP contribution in [0.3, 0.4) is 0 Å². The number of rotatable bonds is 9. The lowest BCUT2D eigenvalue weighted by Crippen LogP contribution is -2.37. The van der Waals surface area contributed by atoms with Gasteiger partial charge in [0.15, 0.2) is 6.61 Å². The number of sulfonamides is 1. The first-order valence-corrected chi connectivity index (χ1v) is 12.6. The summed E-state index contributed by atoms with van der Waals surface area (Å²) in [5, 5.41) is 3.04. The van der Waals surface area contributed by atoms with E-state index in [9.17, 15) is 13.2 Å². The number of hydrogen-bond donors (Lipinski definition) is 2. The minimum absolute atomic E-state index is 0.0894. The fourth-order valence-electron chi connectivity index (χ4n) is 3.79. The van der Waals surface area contributed by atoms with Crippen LogP contribution in [0.5, 0.6) is 11.5 Å². The van der Waals surface area contributed by atoms with Crippen molar-refractivity contribution >= 4 is 21.6 Å². The third-order valence-corrected chi connectivity index (χ3v) is 6.83. The summed E-state index contributed by atoms with van der Waals surface area (Å²) in [6.45, 7) is 4.10. The first kappa shape index (κ1) is 23.9. The summed E-state index contributed by atoms with van der Waals surface area (Å²) in [6.07, 6.45) is 6.77. The highest BCUT2D eigenvalue weighted by Gasteiger charge is 2.18. The third kappa shape index (κ3) is 6.88. The van der Waals surface area contributed by atoms with Gasteiger partial charge in [-0.2, -0.15) is 0 Å². The number of hydrogen-bond acceptors (Lipinski definition) is 5. The van der Waals surface area contributed by atoms with Crippen molar-refractivity contribution in [2.75, 3.05) is 17.9 Å². The van der Waals surface area contributed by atoms with Gasteiger partial charge in [0.2, 0.25) is 0 Å². The Hall–Kier alpha value is -2.74. The number of carbonyl (C=O) groups is 1. The second-order valence-corrected chi connectivity index (χ2v) is 9.72. The van der Waals surface area contributed by atoms with Crippen molar-refractivity contribution in [2.45, 2.75) is 63.3 Å². The predicted octanol–water partition coefficient (Wildman–Crippen LogP) is 4.41. The SMILES string of the molecule is CCOc1ccc(NS(=O)(=O)c2ccc(OCC(=O)NC3CCCCCC3)c(C)c2)cc1. The summed E-state index contributed by atoms with van der Waals surface area (Å²) >= 11 is 0. The zero-order chi connectivity index (χ0) is 23.0. The van der Waals surface area contributed by atoms with Crippen LogP contribution in [0.2, 0.25) is 0 Å². The first-order chi connectivity index (χ1) is 15.4. The molecule has 0 aliphatic heterocycles. The van der Waals surface area contributed by atoms with Crippen LogP contribution < -0.4 is 19.5 Å². The van der Waals surface area contributed by atoms with Gasteiger partial charge >= 0.3 is 0 Å². The minimum atomic E-state index is -3.76. The molecule has 2 N–H and O–H groups in total. The molecule has 2 aromatic rings. The van der Waals surface area contributed by atoms with E-state index in [0.717, 1.165) is 25.7 Å². The standard InChI is InChI=1S/C24H32N2O5S/c1-3-30-21-12-10-20(11-13-21)26-32(28,29)22-14-15-23(18(2)16-22)31-17-24(27)25-19-8-6-4-5-7-9-19/h10-16,19,26H,3-9,17H2,1-2H3,(H,25,27). The molecule has 7 nitrogen and oxygen atoms in total. The molecule has 174 valence electrons. The molecular formula is C24H32N2O5S. The van der Waals surface area contributed by atoms with Gasteiger partial charge < -0.3 is 14.8 Å². The molecule has 2 aromatic carbocycles. The molecule has 0 unspecified atom stereocenters. The predicted molar refractivity (Wildman–Crippen MR) is 125 cm³/mol. The van der Waals surface area contributed by atoms with E-state index in [1.165, 1.54) is 25.0 Å². The van der Waals surface area contributed by atoms with Crippen LogP contribution in [0.1, 0.15) is 51.0 Å². The lowest BCUT2D eigenvalue weighted by Gasteiger charge is -2.17. The Bertz CT molecular complexity index is 998. The molecule has 0 radical (unpaired) electrons. The fraction of sp³-hybridized carbons (Fsp3) is 0.458. The van der Waals surface area contributed by atoms with Crippen molar-refractivity contribution in [1.82, 2.24) is 5.32 Å². The lowest BCUT2D eigenvalue weighted by atomic mass is 10.1. The van der Waals surface area contributed by atoms with Crippen molar-refractivity contribution in [2.24, 2.45) is 0 Å². The second-order valence-electron chi connectivity index (χ2n) is 8.03. The van der Waals surface area contributed by atoms with Crippen LogP contribution >= 0.6 is 0 Å². The van der Waals surface area contributed by atoms with Gasteiger partial charge in [-0.1, -0.05) is 25.7 Å². The fourth-order valence-corrected chi connectivity index (χ4v) is 4.93. The van der Waals surface area contributed by atoms with Gasteiger partial charge in [0.1, 0.15) is 11.5 Å². The van der Waals surface area contributed by atoms with E-state index >= 15 is 0 Å². The number of carbonyl (C=O) groups excluding carboxylic acids is 1. The van der Waals surface area contributed by atoms with Crippen molar-refractivity contribution < 1.29 is 22.7 Å². The molecule has 1 aliphatic carbocycles. The first-order valence-electron chi connectivity index (χ1n) is 11.2. The largest absolute Gasteiger partial charge is 0.494 e. The Morgan fingerprint density at radius 2 is 1.69 bits per heavy atom. The number of aryl methyl sites for hydroxylation is 1. The van der Waals surface area contributed by atoms with Crippen LogP contribution in [0, 0.1) is 6.92 Å². The van der Waals surface area contributed by atoms with E-state index in [2.05, 4.69) is 10.0 Å². The third-order valence-electron chi connectivity index (χ3n) is 5.45. The number of ether oxygens (including phenoxy) is 2. The van der Waals surface area contributed by atoms with E-state index in [1.807, 2.05) is 6.92 Å². The molecule has 1 fully saturated rings. The maximum absolute atomic E-state index is 12.7. The highest BCUT2D eigenvalue weighted by atomic mass is 32.2. The maximum atomic E-state index is 12.7. The smallest absolute Gasteiger partial charge is 0.261 e. The summed E-state index contributed by atoms with van der Waals surface area (Å²) in [5.74, 6) is 1.02. The molecule has 0 saturated heterocycles. The monoisotopic (exact) mass is 460 g/mol. The minimum Gasteiger partial charge on any atom is -0.494 e. The summed E-state index contributed by atoms with van der Waals surface area (Å²) < 4.78 is 39.1. The number of amides is 1. The number of nitrogens with one attached hydrogen (secondary N) is 2. The normalized spacial score (nSPS) is 14.9. The highest BCUT2D eigenvalue weighted by Crippen LogP contribution is 2.24. The van der Waals surface area contributed by atoms with Gasteiger partial charge in [-0.25, -0.2) is 8.42 Å². The molecule has 1 aliphatic rings. The molecule has 1 saturated carbocycles. The van der Waals surface area contributed by atoms with Crippen molar-refractivity contribution in [1.29, 1.82) is 0 Å². The van der Waals surface area contributed by atoms with E-state index in [1.54, 1.807) is 37.3 Å². The Kier molecular flexibility index (Phi) is 8.39. The lowest BCUT2D eigenvalue weighted by molar-refractivity contribution is -0.123. The van der Waals surface area contributed by atoms with Gasteiger partial charge in [-0.05, 0) is 74.7 Å². The quantitative estimate of drug-likeness (QED) is 0.541. The molecule has 0 heterocycles. The average Bonchev–Trinajstić information content (AvgIpc) is 3.03. The van der Waals surface area contributed by atoms with Gasteiger partial charge in [0.05, 0.1) is 11.5 Å².